The van der Waals surface area contributed by atoms with Gasteiger partial charge < -0.3 is 10.1 Å². The summed E-state index contributed by atoms with van der Waals surface area (Å²) in [6.45, 7) is 1.54. The van der Waals surface area contributed by atoms with Crippen molar-refractivity contribution in [3.05, 3.63) is 53.7 Å². The predicted octanol–water partition coefficient (Wildman–Crippen LogP) is 2.62. The molecule has 1 aliphatic heterocycles. The standard InChI is InChI=1S/C16H15N3O/c17-8-12-5-6-16(18-9-12)19-10-13-7-14-3-1-2-4-15(14)20-11-13/h1-6,9,13H,7,10-11H2,(H,18,19). The van der Waals surface area contributed by atoms with Crippen molar-refractivity contribution in [3.8, 4) is 11.8 Å². The molecule has 2 aromatic rings. The highest BCUT2D eigenvalue weighted by Crippen LogP contribution is 2.26. The van der Waals surface area contributed by atoms with Crippen LogP contribution in [-0.4, -0.2) is 18.1 Å². The first-order valence-electron chi connectivity index (χ1n) is 6.66. The fraction of sp³-hybridized carbons (Fsp3) is 0.250. The molecule has 1 atom stereocenters. The number of rotatable bonds is 3. The molecule has 4 nitrogen and oxygen atoms in total. The summed E-state index contributed by atoms with van der Waals surface area (Å²) < 4.78 is 5.76. The lowest BCUT2D eigenvalue weighted by molar-refractivity contribution is 0.229. The van der Waals surface area contributed by atoms with E-state index in [4.69, 9.17) is 10.00 Å². The molecule has 1 N–H and O–H groups in total. The molecule has 2 heterocycles. The van der Waals surface area contributed by atoms with Crippen LogP contribution in [0.4, 0.5) is 5.82 Å². The van der Waals surface area contributed by atoms with Gasteiger partial charge in [0.05, 0.1) is 12.2 Å². The average Bonchev–Trinajstić information content (AvgIpc) is 2.53. The van der Waals surface area contributed by atoms with E-state index in [0.717, 1.165) is 31.1 Å². The minimum absolute atomic E-state index is 0.433. The van der Waals surface area contributed by atoms with Crippen LogP contribution < -0.4 is 10.1 Å². The number of hydrogen-bond donors (Lipinski definition) is 1. The molecule has 0 fully saturated rings. The van der Waals surface area contributed by atoms with E-state index >= 15 is 0 Å². The van der Waals surface area contributed by atoms with Crippen LogP contribution in [0.15, 0.2) is 42.6 Å². The highest BCUT2D eigenvalue weighted by atomic mass is 16.5. The van der Waals surface area contributed by atoms with E-state index in [-0.39, 0.29) is 0 Å². The molecular formula is C16H15N3O. The van der Waals surface area contributed by atoms with E-state index in [9.17, 15) is 0 Å². The number of pyridine rings is 1. The van der Waals surface area contributed by atoms with Gasteiger partial charge in [0.25, 0.3) is 0 Å². The van der Waals surface area contributed by atoms with Gasteiger partial charge in [-0.05, 0) is 30.2 Å². The third-order valence-corrected chi connectivity index (χ3v) is 3.42. The molecule has 0 radical (unpaired) electrons. The number of nitrogens with one attached hydrogen (secondary N) is 1. The Morgan fingerprint density at radius 3 is 3.00 bits per heavy atom. The molecule has 0 saturated carbocycles. The smallest absolute Gasteiger partial charge is 0.125 e. The second-order valence-corrected chi connectivity index (χ2v) is 4.91. The highest BCUT2D eigenvalue weighted by Gasteiger charge is 2.19. The van der Waals surface area contributed by atoms with E-state index in [1.54, 1.807) is 12.3 Å². The first-order chi connectivity index (χ1) is 9.85. The Morgan fingerprint density at radius 2 is 2.20 bits per heavy atom. The lowest BCUT2D eigenvalue weighted by atomic mass is 9.97. The van der Waals surface area contributed by atoms with Gasteiger partial charge in [-0.2, -0.15) is 5.26 Å². The summed E-state index contributed by atoms with van der Waals surface area (Å²) in [5.74, 6) is 2.23. The fourth-order valence-electron chi connectivity index (χ4n) is 2.34. The number of nitriles is 1. The Hall–Kier alpha value is -2.54. The van der Waals surface area contributed by atoms with E-state index in [1.165, 1.54) is 5.56 Å². The maximum atomic E-state index is 8.73. The number of hydrogen-bond acceptors (Lipinski definition) is 4. The molecule has 3 rings (SSSR count). The minimum atomic E-state index is 0.433. The normalized spacial score (nSPS) is 16.6. The zero-order valence-electron chi connectivity index (χ0n) is 11.0. The van der Waals surface area contributed by atoms with Crippen molar-refractivity contribution < 1.29 is 4.74 Å². The van der Waals surface area contributed by atoms with Crippen molar-refractivity contribution in [1.82, 2.24) is 4.98 Å². The summed E-state index contributed by atoms with van der Waals surface area (Å²) in [4.78, 5) is 4.20. The third-order valence-electron chi connectivity index (χ3n) is 3.42. The number of aromatic nitrogens is 1. The Balaban J connectivity index is 1.58. The van der Waals surface area contributed by atoms with Crippen molar-refractivity contribution in [2.24, 2.45) is 5.92 Å². The molecular weight excluding hydrogens is 250 g/mol. The predicted molar refractivity (Wildman–Crippen MR) is 76.6 cm³/mol. The molecule has 1 aliphatic rings. The monoisotopic (exact) mass is 265 g/mol. The Morgan fingerprint density at radius 1 is 1.30 bits per heavy atom. The second kappa shape index (κ2) is 5.62. The van der Waals surface area contributed by atoms with Gasteiger partial charge in [-0.25, -0.2) is 4.98 Å². The summed E-state index contributed by atoms with van der Waals surface area (Å²) >= 11 is 0. The van der Waals surface area contributed by atoms with Crippen LogP contribution in [0.1, 0.15) is 11.1 Å². The third kappa shape index (κ3) is 2.72. The number of anilines is 1. The Kier molecular flexibility index (Phi) is 3.51. The molecule has 1 aromatic carbocycles. The molecule has 0 aliphatic carbocycles. The minimum Gasteiger partial charge on any atom is -0.493 e. The summed E-state index contributed by atoms with van der Waals surface area (Å²) in [6.07, 6.45) is 2.59. The molecule has 0 saturated heterocycles. The van der Waals surface area contributed by atoms with E-state index < -0.39 is 0 Å². The molecule has 1 aromatic heterocycles. The topological polar surface area (TPSA) is 57.9 Å². The maximum Gasteiger partial charge on any atom is 0.125 e. The first kappa shape index (κ1) is 12.5. The van der Waals surface area contributed by atoms with E-state index in [2.05, 4.69) is 22.4 Å². The van der Waals surface area contributed by atoms with Crippen LogP contribution in [0.3, 0.4) is 0 Å². The quantitative estimate of drug-likeness (QED) is 0.926. The van der Waals surface area contributed by atoms with Crippen LogP contribution >= 0.6 is 0 Å². The maximum absolute atomic E-state index is 8.73. The molecule has 1 unspecified atom stereocenters. The second-order valence-electron chi connectivity index (χ2n) is 4.91. The van der Waals surface area contributed by atoms with Gasteiger partial charge in [0.1, 0.15) is 17.6 Å². The average molecular weight is 265 g/mol. The summed E-state index contributed by atoms with van der Waals surface area (Å²) in [7, 11) is 0. The lowest BCUT2D eigenvalue weighted by Gasteiger charge is -2.25. The lowest BCUT2D eigenvalue weighted by Crippen LogP contribution is -2.27. The number of ether oxygens (including phenoxy) is 1. The van der Waals surface area contributed by atoms with Crippen LogP contribution in [0.5, 0.6) is 5.75 Å². The molecule has 0 spiro atoms. The molecule has 0 amide bonds. The van der Waals surface area contributed by atoms with Crippen molar-refractivity contribution >= 4 is 5.82 Å². The van der Waals surface area contributed by atoms with Crippen LogP contribution in [0.2, 0.25) is 0 Å². The SMILES string of the molecule is N#Cc1ccc(NCC2COc3ccccc3C2)nc1. The highest BCUT2D eigenvalue weighted by molar-refractivity contribution is 5.39. The fourth-order valence-corrected chi connectivity index (χ4v) is 2.34. The summed E-state index contributed by atoms with van der Waals surface area (Å²) in [6, 6.07) is 13.8. The summed E-state index contributed by atoms with van der Waals surface area (Å²) in [5, 5.41) is 12.0. The van der Waals surface area contributed by atoms with Gasteiger partial charge in [0, 0.05) is 18.7 Å². The molecule has 0 bridgehead atoms. The summed E-state index contributed by atoms with van der Waals surface area (Å²) in [5.41, 5.74) is 1.84. The molecule has 20 heavy (non-hydrogen) atoms. The van der Waals surface area contributed by atoms with Gasteiger partial charge in [0.15, 0.2) is 0 Å². The van der Waals surface area contributed by atoms with Gasteiger partial charge >= 0.3 is 0 Å². The van der Waals surface area contributed by atoms with Crippen molar-refractivity contribution in [1.29, 1.82) is 5.26 Å². The number of fused-ring (bicyclic) bond motifs is 1. The van der Waals surface area contributed by atoms with Crippen molar-refractivity contribution in [3.63, 3.8) is 0 Å². The Labute approximate surface area is 118 Å². The van der Waals surface area contributed by atoms with Gasteiger partial charge in [-0.3, -0.25) is 0 Å². The van der Waals surface area contributed by atoms with E-state index in [1.807, 2.05) is 24.3 Å². The van der Waals surface area contributed by atoms with Crippen molar-refractivity contribution in [2.45, 2.75) is 6.42 Å². The number of nitrogens with zero attached hydrogens (tertiary/aromatic N) is 2. The van der Waals surface area contributed by atoms with Gasteiger partial charge in [0.2, 0.25) is 0 Å². The van der Waals surface area contributed by atoms with Gasteiger partial charge in [-0.15, -0.1) is 0 Å². The largest absolute Gasteiger partial charge is 0.493 e. The molecule has 100 valence electrons. The first-order valence-corrected chi connectivity index (χ1v) is 6.66. The van der Waals surface area contributed by atoms with E-state index in [0.29, 0.717) is 11.5 Å². The molecule has 4 heteroatoms. The number of benzene rings is 1. The zero-order chi connectivity index (χ0) is 13.8. The van der Waals surface area contributed by atoms with Crippen LogP contribution in [-0.2, 0) is 6.42 Å². The van der Waals surface area contributed by atoms with Crippen molar-refractivity contribution in [2.75, 3.05) is 18.5 Å². The Bertz CT molecular complexity index is 631. The van der Waals surface area contributed by atoms with Crippen LogP contribution in [0.25, 0.3) is 0 Å². The van der Waals surface area contributed by atoms with Gasteiger partial charge in [-0.1, -0.05) is 18.2 Å². The zero-order valence-corrected chi connectivity index (χ0v) is 11.0. The van der Waals surface area contributed by atoms with Crippen LogP contribution in [0, 0.1) is 17.2 Å². The number of para-hydroxylation sites is 1.